The minimum Gasteiger partial charge on any atom is -0.497 e. The fraction of sp³-hybridized carbons (Fsp3) is 0.469. The number of hydrogen-bond acceptors (Lipinski definition) is 9. The van der Waals surface area contributed by atoms with Crippen LogP contribution in [0, 0.1) is 0 Å². The summed E-state index contributed by atoms with van der Waals surface area (Å²) in [5.74, 6) is 1.96. The summed E-state index contributed by atoms with van der Waals surface area (Å²) >= 11 is 0. The van der Waals surface area contributed by atoms with Crippen molar-refractivity contribution in [2.75, 3.05) is 32.2 Å². The van der Waals surface area contributed by atoms with Crippen LogP contribution in [0.2, 0.25) is 0 Å². The number of benzene rings is 2. The Morgan fingerprint density at radius 1 is 1.07 bits per heavy atom. The van der Waals surface area contributed by atoms with Crippen LogP contribution in [0.15, 0.2) is 48.5 Å². The Morgan fingerprint density at radius 2 is 1.86 bits per heavy atom. The number of amides is 2. The Balaban J connectivity index is 1.12. The summed E-state index contributed by atoms with van der Waals surface area (Å²) in [5, 5.41) is 12.6. The number of nitrogens with one attached hydrogen (secondary N) is 3. The average molecular weight is 609 g/mol. The predicted octanol–water partition coefficient (Wildman–Crippen LogP) is 5.60. The summed E-state index contributed by atoms with van der Waals surface area (Å²) in [5.41, 5.74) is 3.56. The molecule has 3 N–H and O–H groups in total. The monoisotopic (exact) mass is 608 g/mol. The van der Waals surface area contributed by atoms with Crippen molar-refractivity contribution < 1.29 is 38.0 Å². The van der Waals surface area contributed by atoms with Gasteiger partial charge in [-0.1, -0.05) is 24.3 Å². The quantitative estimate of drug-likeness (QED) is 0.239. The average Bonchev–Trinajstić information content (AvgIpc) is 3.79. The second-order valence-corrected chi connectivity index (χ2v) is 11.1. The molecule has 44 heavy (non-hydrogen) atoms. The van der Waals surface area contributed by atoms with Crippen LogP contribution in [0.4, 0.5) is 15.4 Å². The lowest BCUT2D eigenvalue weighted by molar-refractivity contribution is -0.0465. The first-order valence-electron chi connectivity index (χ1n) is 14.9. The fourth-order valence-corrected chi connectivity index (χ4v) is 5.36. The number of alkyl carbamates (subject to hydrolysis) is 1. The number of carbonyl (C=O) groups is 2. The van der Waals surface area contributed by atoms with Crippen LogP contribution >= 0.6 is 0 Å². The predicted molar refractivity (Wildman–Crippen MR) is 161 cm³/mol. The fourth-order valence-electron chi connectivity index (χ4n) is 5.36. The number of aromatic amines is 1. The largest absolute Gasteiger partial charge is 0.497 e. The third-order valence-electron chi connectivity index (χ3n) is 7.50. The van der Waals surface area contributed by atoms with Gasteiger partial charge in [-0.15, -0.1) is 0 Å². The van der Waals surface area contributed by atoms with Crippen molar-refractivity contribution in [3.63, 3.8) is 0 Å². The molecule has 2 aliphatic rings. The summed E-state index contributed by atoms with van der Waals surface area (Å²) in [6, 6.07) is 15.2. The Kier molecular flexibility index (Phi) is 10.6. The van der Waals surface area contributed by atoms with Gasteiger partial charge in [0, 0.05) is 30.1 Å². The number of aromatic nitrogens is 2. The standard InChI is InChI=1S/C32H40N4O8/c1-20(2)33-32(38)44-25-12-9-23(17-25)26-18-28(36-35-26)34-31(37)42-14-13-22-5-4-6-27(29(22)30-40-15-16-41-30)43-19-21-7-10-24(39-3)11-8-21/h4-8,10-11,18,20,23,25,30H,9,12-17,19H2,1-3H3,(H,33,38)(H2,34,35,36,37)/t23-,25+/m0/s1. The van der Waals surface area contributed by atoms with Gasteiger partial charge in [-0.2, -0.15) is 5.10 Å². The van der Waals surface area contributed by atoms with Gasteiger partial charge in [0.1, 0.15) is 24.2 Å². The lowest BCUT2D eigenvalue weighted by atomic mass is 10.0. The van der Waals surface area contributed by atoms with Gasteiger partial charge >= 0.3 is 12.2 Å². The number of carbonyl (C=O) groups excluding carboxylic acids is 2. The zero-order valence-electron chi connectivity index (χ0n) is 25.3. The molecule has 12 nitrogen and oxygen atoms in total. The zero-order chi connectivity index (χ0) is 30.9. The molecule has 2 amide bonds. The molecule has 1 aliphatic carbocycles. The van der Waals surface area contributed by atoms with Gasteiger partial charge < -0.3 is 33.7 Å². The molecule has 2 atom stereocenters. The molecule has 0 spiro atoms. The van der Waals surface area contributed by atoms with E-state index in [4.69, 9.17) is 28.4 Å². The van der Waals surface area contributed by atoms with E-state index < -0.39 is 18.5 Å². The number of nitrogens with zero attached hydrogens (tertiary/aromatic N) is 1. The molecule has 0 radical (unpaired) electrons. The lowest BCUT2D eigenvalue weighted by Gasteiger charge is -2.19. The highest BCUT2D eigenvalue weighted by Crippen LogP contribution is 2.37. The molecular formula is C32H40N4O8. The van der Waals surface area contributed by atoms with Gasteiger partial charge in [-0.05, 0) is 62.4 Å². The van der Waals surface area contributed by atoms with Crippen molar-refractivity contribution in [1.29, 1.82) is 0 Å². The summed E-state index contributed by atoms with van der Waals surface area (Å²) in [6.07, 6.45) is 1.03. The Bertz CT molecular complexity index is 1390. The number of anilines is 1. The number of H-pyrrole nitrogens is 1. The van der Waals surface area contributed by atoms with E-state index in [9.17, 15) is 9.59 Å². The van der Waals surface area contributed by atoms with Crippen LogP contribution in [0.25, 0.3) is 0 Å². The van der Waals surface area contributed by atoms with Crippen molar-refractivity contribution in [2.24, 2.45) is 0 Å². The molecule has 12 heteroatoms. The molecule has 1 aliphatic heterocycles. The molecule has 1 saturated carbocycles. The van der Waals surface area contributed by atoms with Crippen LogP contribution < -0.4 is 20.1 Å². The maximum atomic E-state index is 12.6. The van der Waals surface area contributed by atoms with Gasteiger partial charge in [0.25, 0.3) is 0 Å². The van der Waals surface area contributed by atoms with E-state index in [2.05, 4.69) is 20.8 Å². The van der Waals surface area contributed by atoms with E-state index in [-0.39, 0.29) is 24.7 Å². The van der Waals surface area contributed by atoms with Crippen molar-refractivity contribution in [3.05, 3.63) is 70.9 Å². The van der Waals surface area contributed by atoms with Crippen molar-refractivity contribution >= 4 is 18.0 Å². The molecular weight excluding hydrogens is 568 g/mol. The lowest BCUT2D eigenvalue weighted by Crippen LogP contribution is -2.33. The summed E-state index contributed by atoms with van der Waals surface area (Å²) < 4.78 is 34.0. The maximum absolute atomic E-state index is 12.6. The van der Waals surface area contributed by atoms with Crippen molar-refractivity contribution in [3.8, 4) is 11.5 Å². The van der Waals surface area contributed by atoms with E-state index in [0.29, 0.717) is 44.2 Å². The first-order valence-corrected chi connectivity index (χ1v) is 14.9. The van der Waals surface area contributed by atoms with Crippen molar-refractivity contribution in [2.45, 2.75) is 70.5 Å². The molecule has 5 rings (SSSR count). The first kappa shape index (κ1) is 31.1. The molecule has 1 saturated heterocycles. The minimum absolute atomic E-state index is 0.0213. The van der Waals surface area contributed by atoms with Crippen LogP contribution in [0.1, 0.15) is 67.7 Å². The summed E-state index contributed by atoms with van der Waals surface area (Å²) in [4.78, 5) is 24.5. The second kappa shape index (κ2) is 14.9. The highest BCUT2D eigenvalue weighted by Gasteiger charge is 2.30. The molecule has 0 bridgehead atoms. The van der Waals surface area contributed by atoms with Gasteiger partial charge in [0.05, 0.1) is 32.5 Å². The molecule has 236 valence electrons. The summed E-state index contributed by atoms with van der Waals surface area (Å²) in [6.45, 7) is 5.25. The Morgan fingerprint density at radius 3 is 2.61 bits per heavy atom. The first-order chi connectivity index (χ1) is 21.4. The maximum Gasteiger partial charge on any atom is 0.412 e. The van der Waals surface area contributed by atoms with Crippen LogP contribution in [-0.2, 0) is 32.0 Å². The molecule has 2 fully saturated rings. The number of hydrogen-bond donors (Lipinski definition) is 3. The van der Waals surface area contributed by atoms with E-state index in [1.807, 2.05) is 56.3 Å². The molecule has 2 aromatic carbocycles. The molecule has 2 heterocycles. The number of methoxy groups -OCH3 is 1. The molecule has 1 aromatic heterocycles. The zero-order valence-corrected chi connectivity index (χ0v) is 25.3. The van der Waals surface area contributed by atoms with Gasteiger partial charge in [-0.25, -0.2) is 9.59 Å². The number of ether oxygens (including phenoxy) is 6. The number of rotatable bonds is 12. The highest BCUT2D eigenvalue weighted by molar-refractivity contribution is 5.83. The smallest absolute Gasteiger partial charge is 0.412 e. The third-order valence-corrected chi connectivity index (χ3v) is 7.50. The normalized spacial score (nSPS) is 18.3. The summed E-state index contributed by atoms with van der Waals surface area (Å²) in [7, 11) is 1.63. The Labute approximate surface area is 256 Å². The van der Waals surface area contributed by atoms with E-state index in [1.54, 1.807) is 13.2 Å². The van der Waals surface area contributed by atoms with Gasteiger partial charge in [0.2, 0.25) is 0 Å². The van der Waals surface area contributed by atoms with E-state index in [1.165, 1.54) is 0 Å². The van der Waals surface area contributed by atoms with Crippen molar-refractivity contribution in [1.82, 2.24) is 15.5 Å². The molecule has 0 unspecified atom stereocenters. The SMILES string of the molecule is COc1ccc(COc2cccc(CCOC(=O)Nc3cc([C@H]4CC[C@@H](OC(=O)NC(C)C)C4)[nH]n3)c2C2OCCO2)cc1. The van der Waals surface area contributed by atoms with Crippen LogP contribution in [0.3, 0.4) is 0 Å². The third kappa shape index (κ3) is 8.42. The minimum atomic E-state index is -0.608. The van der Waals surface area contributed by atoms with Crippen LogP contribution in [-0.4, -0.2) is 61.5 Å². The van der Waals surface area contributed by atoms with E-state index >= 15 is 0 Å². The van der Waals surface area contributed by atoms with Gasteiger partial charge in [-0.3, -0.25) is 10.4 Å². The molecule has 3 aromatic rings. The topological polar surface area (TPSA) is 142 Å². The second-order valence-electron chi connectivity index (χ2n) is 11.1. The Hall–Kier alpha value is -4.29. The van der Waals surface area contributed by atoms with E-state index in [0.717, 1.165) is 41.0 Å². The highest BCUT2D eigenvalue weighted by atomic mass is 16.7. The van der Waals surface area contributed by atoms with Gasteiger partial charge in [0.15, 0.2) is 12.1 Å². The van der Waals surface area contributed by atoms with Crippen LogP contribution in [0.5, 0.6) is 11.5 Å².